The molecule has 1 aromatic carbocycles. The van der Waals surface area contributed by atoms with Gasteiger partial charge in [-0.15, -0.1) is 0 Å². The molecule has 0 aliphatic carbocycles. The molecule has 0 saturated heterocycles. The van der Waals surface area contributed by atoms with Gasteiger partial charge in [0.15, 0.2) is 0 Å². The number of ether oxygens (including phenoxy) is 2. The van der Waals surface area contributed by atoms with Gasteiger partial charge < -0.3 is 24.5 Å². The van der Waals surface area contributed by atoms with Crippen molar-refractivity contribution in [3.8, 4) is 11.5 Å². The first-order valence-corrected chi connectivity index (χ1v) is 6.48. The predicted molar refractivity (Wildman–Crippen MR) is 78.6 cm³/mol. The maximum Gasteiger partial charge on any atom is 0.239 e. The highest BCUT2D eigenvalue weighted by atomic mass is 16.5. The van der Waals surface area contributed by atoms with Gasteiger partial charge in [-0.2, -0.15) is 0 Å². The van der Waals surface area contributed by atoms with Crippen LogP contribution in [0.3, 0.4) is 0 Å². The largest absolute Gasteiger partial charge is 0.497 e. The second kappa shape index (κ2) is 7.23. The lowest BCUT2D eigenvalue weighted by Crippen LogP contribution is -2.29. The minimum Gasteiger partial charge on any atom is -0.497 e. The number of amides is 1. The molecule has 1 heterocycles. The molecule has 0 bridgehead atoms. The Bertz CT molecular complexity index is 581. The normalized spacial score (nSPS) is 10.0. The van der Waals surface area contributed by atoms with Crippen LogP contribution in [0.5, 0.6) is 11.5 Å². The van der Waals surface area contributed by atoms with Gasteiger partial charge in [0.25, 0.3) is 0 Å². The summed E-state index contributed by atoms with van der Waals surface area (Å²) in [4.78, 5) is 11.8. The van der Waals surface area contributed by atoms with E-state index in [-0.39, 0.29) is 12.5 Å². The molecule has 0 spiro atoms. The zero-order valence-electron chi connectivity index (χ0n) is 12.0. The van der Waals surface area contributed by atoms with Gasteiger partial charge in [0.05, 0.1) is 39.3 Å². The van der Waals surface area contributed by atoms with Crippen molar-refractivity contribution in [2.75, 3.05) is 26.1 Å². The van der Waals surface area contributed by atoms with Crippen LogP contribution in [0.4, 0.5) is 5.69 Å². The Kier molecular flexibility index (Phi) is 5.09. The summed E-state index contributed by atoms with van der Waals surface area (Å²) < 4.78 is 15.5. The molecule has 0 unspecified atom stereocenters. The summed E-state index contributed by atoms with van der Waals surface area (Å²) in [6, 6.07) is 8.94. The zero-order chi connectivity index (χ0) is 15.1. The fraction of sp³-hybridized carbons (Fsp3) is 0.267. The van der Waals surface area contributed by atoms with Crippen LogP contribution in [-0.2, 0) is 11.3 Å². The minimum absolute atomic E-state index is 0.135. The molecule has 6 nitrogen and oxygen atoms in total. The Morgan fingerprint density at radius 3 is 2.76 bits per heavy atom. The first-order valence-electron chi connectivity index (χ1n) is 6.48. The molecule has 2 rings (SSSR count). The average Bonchev–Trinajstić information content (AvgIpc) is 3.04. The van der Waals surface area contributed by atoms with Crippen molar-refractivity contribution in [2.45, 2.75) is 6.54 Å². The van der Waals surface area contributed by atoms with Crippen LogP contribution in [0.25, 0.3) is 0 Å². The number of methoxy groups -OCH3 is 2. The van der Waals surface area contributed by atoms with E-state index in [2.05, 4.69) is 10.6 Å². The number of nitrogens with one attached hydrogen (secondary N) is 2. The van der Waals surface area contributed by atoms with Crippen molar-refractivity contribution < 1.29 is 18.7 Å². The van der Waals surface area contributed by atoms with Crippen LogP contribution in [0.15, 0.2) is 41.0 Å². The highest BCUT2D eigenvalue weighted by molar-refractivity contribution is 5.81. The van der Waals surface area contributed by atoms with Gasteiger partial charge in [-0.1, -0.05) is 0 Å². The van der Waals surface area contributed by atoms with E-state index in [0.717, 1.165) is 5.69 Å². The summed E-state index contributed by atoms with van der Waals surface area (Å²) in [6.45, 7) is 0.511. The van der Waals surface area contributed by atoms with E-state index < -0.39 is 0 Å². The fourth-order valence-corrected chi connectivity index (χ4v) is 1.78. The van der Waals surface area contributed by atoms with E-state index in [0.29, 0.717) is 23.8 Å². The molecule has 2 aromatic rings. The van der Waals surface area contributed by atoms with E-state index in [4.69, 9.17) is 13.9 Å². The molecule has 112 valence electrons. The molecular formula is C15H18N2O4. The van der Waals surface area contributed by atoms with Gasteiger partial charge in [0, 0.05) is 6.07 Å². The smallest absolute Gasteiger partial charge is 0.239 e. The molecule has 0 aliphatic heterocycles. The molecular weight excluding hydrogens is 272 g/mol. The number of carbonyl (C=O) groups excluding carboxylic acids is 1. The molecule has 0 fully saturated rings. The number of hydrogen-bond donors (Lipinski definition) is 2. The van der Waals surface area contributed by atoms with Crippen LogP contribution < -0.4 is 20.1 Å². The first kappa shape index (κ1) is 14.8. The van der Waals surface area contributed by atoms with Crippen molar-refractivity contribution in [1.82, 2.24) is 5.32 Å². The maximum atomic E-state index is 11.8. The standard InChI is InChI=1S/C15H18N2O4/c1-19-11-5-6-13(14(8-11)20-2)16-10-15(18)17-9-12-4-3-7-21-12/h3-8,16H,9-10H2,1-2H3,(H,17,18). The summed E-state index contributed by atoms with van der Waals surface area (Å²) in [6.07, 6.45) is 1.57. The third-order valence-electron chi connectivity index (χ3n) is 2.89. The Morgan fingerprint density at radius 1 is 1.24 bits per heavy atom. The molecule has 1 aromatic heterocycles. The molecule has 1 amide bonds. The molecule has 0 atom stereocenters. The quantitative estimate of drug-likeness (QED) is 0.816. The number of hydrogen-bond acceptors (Lipinski definition) is 5. The van der Waals surface area contributed by atoms with Gasteiger partial charge >= 0.3 is 0 Å². The number of rotatable bonds is 7. The van der Waals surface area contributed by atoms with Crippen molar-refractivity contribution in [2.24, 2.45) is 0 Å². The maximum absolute atomic E-state index is 11.8. The number of carbonyl (C=O) groups is 1. The summed E-state index contributed by atoms with van der Waals surface area (Å²) in [7, 11) is 3.15. The summed E-state index contributed by atoms with van der Waals surface area (Å²) in [5.41, 5.74) is 0.728. The van der Waals surface area contributed by atoms with Gasteiger partial charge in [0.2, 0.25) is 5.91 Å². The number of furan rings is 1. The van der Waals surface area contributed by atoms with Crippen LogP contribution in [0, 0.1) is 0 Å². The zero-order valence-corrected chi connectivity index (χ0v) is 12.0. The Hall–Kier alpha value is -2.63. The van der Waals surface area contributed by atoms with Gasteiger partial charge in [-0.25, -0.2) is 0 Å². The fourth-order valence-electron chi connectivity index (χ4n) is 1.78. The highest BCUT2D eigenvalue weighted by Gasteiger charge is 2.07. The van der Waals surface area contributed by atoms with E-state index in [9.17, 15) is 4.79 Å². The lowest BCUT2D eigenvalue weighted by Gasteiger charge is -2.12. The molecule has 2 N–H and O–H groups in total. The second-order valence-electron chi connectivity index (χ2n) is 4.28. The Balaban J connectivity index is 1.85. The van der Waals surface area contributed by atoms with Crippen LogP contribution >= 0.6 is 0 Å². The molecule has 0 radical (unpaired) electrons. The van der Waals surface area contributed by atoms with E-state index in [1.807, 2.05) is 0 Å². The summed E-state index contributed by atoms with van der Waals surface area (Å²) >= 11 is 0. The minimum atomic E-state index is -0.135. The van der Waals surface area contributed by atoms with Gasteiger partial charge in [-0.05, 0) is 24.3 Å². The lowest BCUT2D eigenvalue weighted by atomic mass is 10.2. The monoisotopic (exact) mass is 290 g/mol. The summed E-state index contributed by atoms with van der Waals surface area (Å²) in [5, 5.41) is 5.78. The third kappa shape index (κ3) is 4.17. The number of benzene rings is 1. The van der Waals surface area contributed by atoms with Crippen molar-refractivity contribution in [1.29, 1.82) is 0 Å². The van der Waals surface area contributed by atoms with E-state index in [1.54, 1.807) is 50.8 Å². The van der Waals surface area contributed by atoms with Crippen LogP contribution in [0.1, 0.15) is 5.76 Å². The van der Waals surface area contributed by atoms with Crippen LogP contribution in [-0.4, -0.2) is 26.7 Å². The van der Waals surface area contributed by atoms with Crippen molar-refractivity contribution in [3.05, 3.63) is 42.4 Å². The predicted octanol–water partition coefficient (Wildman–Crippen LogP) is 2.03. The highest BCUT2D eigenvalue weighted by Crippen LogP contribution is 2.28. The van der Waals surface area contributed by atoms with Crippen LogP contribution in [0.2, 0.25) is 0 Å². The second-order valence-corrected chi connectivity index (χ2v) is 4.28. The van der Waals surface area contributed by atoms with Gasteiger partial charge in [0.1, 0.15) is 17.3 Å². The Labute approximate surface area is 123 Å². The third-order valence-corrected chi connectivity index (χ3v) is 2.89. The van der Waals surface area contributed by atoms with Crippen molar-refractivity contribution in [3.63, 3.8) is 0 Å². The SMILES string of the molecule is COc1ccc(NCC(=O)NCc2ccco2)c(OC)c1. The molecule has 21 heavy (non-hydrogen) atoms. The topological polar surface area (TPSA) is 72.7 Å². The molecule has 0 saturated carbocycles. The lowest BCUT2D eigenvalue weighted by molar-refractivity contribution is -0.119. The van der Waals surface area contributed by atoms with E-state index in [1.165, 1.54) is 0 Å². The Morgan fingerprint density at radius 2 is 2.10 bits per heavy atom. The average molecular weight is 290 g/mol. The van der Waals surface area contributed by atoms with Gasteiger partial charge in [-0.3, -0.25) is 4.79 Å². The van der Waals surface area contributed by atoms with Crippen molar-refractivity contribution >= 4 is 11.6 Å². The van der Waals surface area contributed by atoms with E-state index >= 15 is 0 Å². The summed E-state index contributed by atoms with van der Waals surface area (Å²) in [5.74, 6) is 1.89. The molecule has 6 heteroatoms. The molecule has 0 aliphatic rings. The number of anilines is 1. The first-order chi connectivity index (χ1) is 10.2.